The minimum Gasteiger partial charge on any atom is -0.355 e. The molecular weight excluding hydrogens is 417 g/mol. The van der Waals surface area contributed by atoms with E-state index in [1.807, 2.05) is 0 Å². The molecule has 4 aromatic heterocycles. The van der Waals surface area contributed by atoms with E-state index >= 15 is 0 Å². The van der Waals surface area contributed by atoms with Crippen LogP contribution in [0.3, 0.4) is 0 Å². The summed E-state index contributed by atoms with van der Waals surface area (Å²) in [4.78, 5) is 47.3. The third-order valence-corrected chi connectivity index (χ3v) is 4.45. The van der Waals surface area contributed by atoms with E-state index in [1.165, 1.54) is 36.0 Å². The fourth-order valence-corrected chi connectivity index (χ4v) is 3.05. The summed E-state index contributed by atoms with van der Waals surface area (Å²) in [6.45, 7) is 0. The van der Waals surface area contributed by atoms with Gasteiger partial charge in [-0.1, -0.05) is 6.07 Å². The van der Waals surface area contributed by atoms with Crippen molar-refractivity contribution < 1.29 is 18.0 Å². The second kappa shape index (κ2) is 7.23. The van der Waals surface area contributed by atoms with Gasteiger partial charge in [-0.15, -0.1) is 0 Å². The molecule has 158 valence electrons. The highest BCUT2D eigenvalue weighted by Gasteiger charge is 2.33. The zero-order chi connectivity index (χ0) is 22.3. The summed E-state index contributed by atoms with van der Waals surface area (Å²) in [7, 11) is 1.45. The quantitative estimate of drug-likeness (QED) is 0.513. The Labute approximate surface area is 170 Å². The van der Waals surface area contributed by atoms with Gasteiger partial charge in [0.2, 0.25) is 0 Å². The average molecular weight is 430 g/mol. The molecule has 4 rings (SSSR count). The molecular formula is C19H13F3N6O3. The normalized spacial score (nSPS) is 11.6. The first-order chi connectivity index (χ1) is 14.7. The number of alkyl halides is 3. The summed E-state index contributed by atoms with van der Waals surface area (Å²) < 4.78 is 40.8. The van der Waals surface area contributed by atoms with Gasteiger partial charge in [0.15, 0.2) is 5.82 Å². The van der Waals surface area contributed by atoms with Gasteiger partial charge in [0.1, 0.15) is 17.0 Å². The Morgan fingerprint density at radius 3 is 2.55 bits per heavy atom. The minimum atomic E-state index is -4.90. The van der Waals surface area contributed by atoms with Gasteiger partial charge < -0.3 is 10.3 Å². The molecule has 9 nitrogen and oxygen atoms in total. The highest BCUT2D eigenvalue weighted by molar-refractivity contribution is 5.95. The largest absolute Gasteiger partial charge is 0.431 e. The number of aromatic amines is 1. The molecule has 1 amide bonds. The summed E-state index contributed by atoms with van der Waals surface area (Å²) in [5, 5.41) is 2.46. The fraction of sp³-hybridized carbons (Fsp3) is 0.105. The van der Waals surface area contributed by atoms with Crippen molar-refractivity contribution in [2.75, 3.05) is 7.05 Å². The van der Waals surface area contributed by atoms with Crippen molar-refractivity contribution in [1.82, 2.24) is 29.2 Å². The van der Waals surface area contributed by atoms with Crippen molar-refractivity contribution in [1.29, 1.82) is 0 Å². The van der Waals surface area contributed by atoms with Crippen molar-refractivity contribution in [3.05, 3.63) is 80.9 Å². The van der Waals surface area contributed by atoms with Gasteiger partial charge >= 0.3 is 11.9 Å². The summed E-state index contributed by atoms with van der Waals surface area (Å²) in [6.07, 6.45) is -2.06. The van der Waals surface area contributed by atoms with E-state index in [1.54, 1.807) is 23.2 Å². The van der Waals surface area contributed by atoms with Crippen molar-refractivity contribution >= 4 is 11.6 Å². The Morgan fingerprint density at radius 2 is 1.94 bits per heavy atom. The maximum Gasteiger partial charge on any atom is 0.431 e. The molecule has 0 radical (unpaired) electrons. The number of rotatable bonds is 3. The van der Waals surface area contributed by atoms with Gasteiger partial charge in [-0.3, -0.25) is 19.0 Å². The maximum atomic E-state index is 13.0. The van der Waals surface area contributed by atoms with Gasteiger partial charge in [0, 0.05) is 31.1 Å². The van der Waals surface area contributed by atoms with E-state index in [9.17, 15) is 27.6 Å². The lowest BCUT2D eigenvalue weighted by Gasteiger charge is -2.10. The monoisotopic (exact) mass is 430 g/mol. The molecule has 0 aliphatic heterocycles. The highest BCUT2D eigenvalue weighted by Crippen LogP contribution is 2.27. The topological polar surface area (TPSA) is 114 Å². The summed E-state index contributed by atoms with van der Waals surface area (Å²) >= 11 is 0. The zero-order valence-electron chi connectivity index (χ0n) is 15.8. The third-order valence-electron chi connectivity index (χ3n) is 4.45. The van der Waals surface area contributed by atoms with Crippen LogP contribution in [0.2, 0.25) is 0 Å². The van der Waals surface area contributed by atoms with Crippen LogP contribution in [0.1, 0.15) is 16.1 Å². The average Bonchev–Trinajstić information content (AvgIpc) is 3.11. The van der Waals surface area contributed by atoms with Gasteiger partial charge in [-0.05, 0) is 24.3 Å². The lowest BCUT2D eigenvalue weighted by atomic mass is 10.2. The van der Waals surface area contributed by atoms with Gasteiger partial charge in [-0.2, -0.15) is 13.2 Å². The number of carbonyl (C=O) groups is 1. The van der Waals surface area contributed by atoms with E-state index in [0.717, 1.165) is 0 Å². The van der Waals surface area contributed by atoms with E-state index in [2.05, 4.69) is 15.3 Å². The lowest BCUT2D eigenvalue weighted by molar-refractivity contribution is -0.141. The Bertz CT molecular complexity index is 1390. The highest BCUT2D eigenvalue weighted by atomic mass is 19.4. The van der Waals surface area contributed by atoms with Crippen LogP contribution in [0.4, 0.5) is 13.2 Å². The molecule has 4 aromatic rings. The van der Waals surface area contributed by atoms with Crippen LogP contribution in [0.5, 0.6) is 0 Å². The van der Waals surface area contributed by atoms with Gasteiger partial charge in [0.05, 0.1) is 5.69 Å². The van der Waals surface area contributed by atoms with Gasteiger partial charge in [0.25, 0.3) is 11.5 Å². The molecule has 0 spiro atoms. The number of nitrogens with zero attached hydrogens (tertiary/aromatic N) is 4. The Balaban J connectivity index is 2.07. The number of fused-ring (bicyclic) bond motifs is 1. The molecule has 0 saturated carbocycles. The second-order valence-electron chi connectivity index (χ2n) is 6.38. The molecule has 12 heteroatoms. The Hall–Kier alpha value is -4.22. The Kier molecular flexibility index (Phi) is 4.68. The standard InChI is InChI=1S/C19H13F3N6O3/c1-23-16(30)10-5-7-27-13(8-10)26-15(11-4-2-3-6-24-11)17(27)28-14(29)9-12(19(20,21)22)25-18(28)31/h2-9H,1H3,(H,23,30)(H,25,31). The molecule has 0 atom stereocenters. The van der Waals surface area contributed by atoms with Crippen LogP contribution in [0.15, 0.2) is 58.4 Å². The molecule has 0 fully saturated rings. The maximum absolute atomic E-state index is 13.0. The van der Waals surface area contributed by atoms with Crippen LogP contribution >= 0.6 is 0 Å². The van der Waals surface area contributed by atoms with Gasteiger partial charge in [-0.25, -0.2) is 14.3 Å². The molecule has 0 saturated heterocycles. The predicted molar refractivity (Wildman–Crippen MR) is 103 cm³/mol. The summed E-state index contributed by atoms with van der Waals surface area (Å²) in [5.41, 5.74) is -3.18. The Morgan fingerprint density at radius 1 is 1.16 bits per heavy atom. The SMILES string of the molecule is CNC(=O)c1ccn2c(-n3c(=O)cc(C(F)(F)F)[nH]c3=O)c(-c3ccccn3)nc2c1. The van der Waals surface area contributed by atoms with E-state index in [0.29, 0.717) is 10.6 Å². The number of halogens is 3. The predicted octanol–water partition coefficient (Wildman–Crippen LogP) is 1.61. The first kappa shape index (κ1) is 20.1. The van der Waals surface area contributed by atoms with Crippen molar-refractivity contribution in [3.63, 3.8) is 0 Å². The number of carbonyl (C=O) groups excluding carboxylic acids is 1. The smallest absolute Gasteiger partial charge is 0.355 e. The molecule has 0 aromatic carbocycles. The minimum absolute atomic E-state index is 0.0713. The van der Waals surface area contributed by atoms with Crippen LogP contribution in [0.25, 0.3) is 22.9 Å². The number of imidazole rings is 1. The first-order valence-electron chi connectivity index (χ1n) is 8.80. The number of pyridine rings is 2. The number of hydrogen-bond donors (Lipinski definition) is 2. The van der Waals surface area contributed by atoms with E-state index in [-0.39, 0.29) is 28.4 Å². The number of hydrogen-bond acceptors (Lipinski definition) is 5. The summed E-state index contributed by atoms with van der Waals surface area (Å²) in [5.74, 6) is -0.506. The number of amides is 1. The van der Waals surface area contributed by atoms with E-state index in [4.69, 9.17) is 0 Å². The second-order valence-corrected chi connectivity index (χ2v) is 6.38. The zero-order valence-corrected chi connectivity index (χ0v) is 15.8. The van der Waals surface area contributed by atoms with E-state index < -0.39 is 29.0 Å². The van der Waals surface area contributed by atoms with Crippen LogP contribution < -0.4 is 16.6 Å². The molecule has 2 N–H and O–H groups in total. The van der Waals surface area contributed by atoms with Crippen LogP contribution in [-0.4, -0.2) is 36.9 Å². The molecule has 0 aliphatic carbocycles. The number of H-pyrrole nitrogens is 1. The van der Waals surface area contributed by atoms with Crippen molar-refractivity contribution in [3.8, 4) is 17.2 Å². The van der Waals surface area contributed by atoms with Crippen molar-refractivity contribution in [2.45, 2.75) is 6.18 Å². The number of aromatic nitrogens is 5. The summed E-state index contributed by atoms with van der Waals surface area (Å²) in [6, 6.07) is 7.97. The molecule has 0 bridgehead atoms. The van der Waals surface area contributed by atoms with Crippen LogP contribution in [0, 0.1) is 0 Å². The lowest BCUT2D eigenvalue weighted by Crippen LogP contribution is -2.36. The molecule has 0 aliphatic rings. The molecule has 31 heavy (non-hydrogen) atoms. The fourth-order valence-electron chi connectivity index (χ4n) is 3.05. The molecule has 0 unspecified atom stereocenters. The van der Waals surface area contributed by atoms with Crippen molar-refractivity contribution in [2.24, 2.45) is 0 Å². The first-order valence-corrected chi connectivity index (χ1v) is 8.80. The number of nitrogens with one attached hydrogen (secondary N) is 2. The van der Waals surface area contributed by atoms with Crippen LogP contribution in [-0.2, 0) is 6.18 Å². The third kappa shape index (κ3) is 3.47. The molecule has 4 heterocycles.